The number of aryl methyl sites for hydroxylation is 1. The molecule has 2 aromatic rings. The third-order valence-electron chi connectivity index (χ3n) is 3.49. The van der Waals surface area contributed by atoms with Crippen LogP contribution in [0, 0.1) is 6.92 Å². The van der Waals surface area contributed by atoms with Gasteiger partial charge in [0.15, 0.2) is 5.82 Å². The van der Waals surface area contributed by atoms with Crippen LogP contribution in [0.2, 0.25) is 0 Å². The van der Waals surface area contributed by atoms with Gasteiger partial charge in [-0.25, -0.2) is 4.98 Å². The lowest BCUT2D eigenvalue weighted by atomic mass is 10.2. The first-order chi connectivity index (χ1) is 9.63. The molecule has 0 spiro atoms. The smallest absolute Gasteiger partial charge is 0.293 e. The summed E-state index contributed by atoms with van der Waals surface area (Å²) in [5.41, 5.74) is 0.00390. The average molecular weight is 289 g/mol. The van der Waals surface area contributed by atoms with E-state index in [9.17, 15) is 4.79 Å². The molecule has 2 heterocycles. The number of aromatic nitrogens is 2. The third-order valence-corrected chi connectivity index (χ3v) is 4.52. The Morgan fingerprint density at radius 3 is 2.95 bits per heavy atom. The molecule has 0 bridgehead atoms. The predicted octanol–water partition coefficient (Wildman–Crippen LogP) is 2.99. The summed E-state index contributed by atoms with van der Waals surface area (Å²) in [7, 11) is 0. The second-order valence-corrected chi connectivity index (χ2v) is 6.85. The number of nitrogens with one attached hydrogen (secondary N) is 1. The van der Waals surface area contributed by atoms with Crippen molar-refractivity contribution >= 4 is 17.2 Å². The summed E-state index contributed by atoms with van der Waals surface area (Å²) in [4.78, 5) is 19.1. The molecule has 20 heavy (non-hydrogen) atoms. The number of hydrogen-bond acceptors (Lipinski definition) is 4. The molecule has 1 N–H and O–H groups in total. The van der Waals surface area contributed by atoms with Crippen molar-refractivity contribution in [3.05, 3.63) is 44.6 Å². The molecule has 106 valence electrons. The maximum Gasteiger partial charge on any atom is 0.293 e. The minimum Gasteiger partial charge on any atom is -0.363 e. The Morgan fingerprint density at radius 2 is 2.30 bits per heavy atom. The van der Waals surface area contributed by atoms with Gasteiger partial charge in [-0.3, -0.25) is 4.79 Å². The summed E-state index contributed by atoms with van der Waals surface area (Å²) in [5, 5.41) is 3.25. The molecule has 3 rings (SSSR count). The highest BCUT2D eigenvalue weighted by Crippen LogP contribution is 2.33. The lowest BCUT2D eigenvalue weighted by molar-refractivity contribution is 0.693. The van der Waals surface area contributed by atoms with Gasteiger partial charge < -0.3 is 9.88 Å². The molecule has 4 nitrogen and oxygen atoms in total. The lowest BCUT2D eigenvalue weighted by Crippen LogP contribution is -2.28. The molecule has 1 unspecified atom stereocenters. The topological polar surface area (TPSA) is 46.9 Å². The van der Waals surface area contributed by atoms with Gasteiger partial charge in [-0.15, -0.1) is 11.3 Å². The maximum absolute atomic E-state index is 12.3. The minimum atomic E-state index is 0.00390. The van der Waals surface area contributed by atoms with Crippen molar-refractivity contribution in [1.29, 1.82) is 0 Å². The predicted molar refractivity (Wildman–Crippen MR) is 82.6 cm³/mol. The zero-order chi connectivity index (χ0) is 14.1. The zero-order valence-corrected chi connectivity index (χ0v) is 12.6. The quantitative estimate of drug-likeness (QED) is 0.920. The van der Waals surface area contributed by atoms with E-state index in [1.807, 2.05) is 0 Å². The van der Waals surface area contributed by atoms with E-state index in [2.05, 4.69) is 36.3 Å². The maximum atomic E-state index is 12.3. The van der Waals surface area contributed by atoms with Crippen LogP contribution >= 0.6 is 11.3 Å². The fraction of sp³-hybridized carbons (Fsp3) is 0.467. The van der Waals surface area contributed by atoms with Gasteiger partial charge in [-0.1, -0.05) is 0 Å². The van der Waals surface area contributed by atoms with Crippen LogP contribution in [0.1, 0.15) is 35.6 Å². The van der Waals surface area contributed by atoms with Crippen LogP contribution in [-0.4, -0.2) is 15.6 Å². The normalized spacial score (nSPS) is 16.1. The highest BCUT2D eigenvalue weighted by Gasteiger charge is 2.25. The molecule has 0 aliphatic heterocycles. The van der Waals surface area contributed by atoms with Crippen LogP contribution in [0.5, 0.6) is 0 Å². The first-order valence-electron chi connectivity index (χ1n) is 7.02. The molecule has 0 aromatic carbocycles. The van der Waals surface area contributed by atoms with Gasteiger partial charge in [0, 0.05) is 40.7 Å². The Bertz CT molecular complexity index is 657. The molecule has 1 saturated carbocycles. The highest BCUT2D eigenvalue weighted by molar-refractivity contribution is 7.11. The molecular formula is C15H19N3OS. The Hall–Kier alpha value is -1.62. The van der Waals surface area contributed by atoms with E-state index in [0.29, 0.717) is 11.9 Å². The molecule has 1 aliphatic rings. The van der Waals surface area contributed by atoms with E-state index < -0.39 is 0 Å². The summed E-state index contributed by atoms with van der Waals surface area (Å²) in [6, 6.07) is 4.87. The molecule has 0 radical (unpaired) electrons. The summed E-state index contributed by atoms with van der Waals surface area (Å²) in [6.45, 7) is 4.20. The van der Waals surface area contributed by atoms with Crippen molar-refractivity contribution in [2.75, 3.05) is 5.32 Å². The number of nitrogens with zero attached hydrogens (tertiary/aromatic N) is 2. The fourth-order valence-electron chi connectivity index (χ4n) is 2.35. The number of thiophene rings is 1. The van der Waals surface area contributed by atoms with Crippen molar-refractivity contribution in [1.82, 2.24) is 9.55 Å². The van der Waals surface area contributed by atoms with Crippen LogP contribution in [0.15, 0.2) is 29.3 Å². The van der Waals surface area contributed by atoms with Gasteiger partial charge in [0.25, 0.3) is 5.56 Å². The fourth-order valence-corrected chi connectivity index (χ4v) is 3.36. The van der Waals surface area contributed by atoms with Gasteiger partial charge in [-0.2, -0.15) is 0 Å². The van der Waals surface area contributed by atoms with Crippen molar-refractivity contribution < 1.29 is 0 Å². The summed E-state index contributed by atoms with van der Waals surface area (Å²) >= 11 is 1.81. The van der Waals surface area contributed by atoms with Crippen LogP contribution in [0.4, 0.5) is 5.82 Å². The molecule has 0 saturated heterocycles. The van der Waals surface area contributed by atoms with E-state index in [1.54, 1.807) is 28.3 Å². The largest absolute Gasteiger partial charge is 0.363 e. The van der Waals surface area contributed by atoms with Crippen molar-refractivity contribution in [2.24, 2.45) is 0 Å². The van der Waals surface area contributed by atoms with Crippen molar-refractivity contribution in [3.63, 3.8) is 0 Å². The molecule has 1 atom stereocenters. The van der Waals surface area contributed by atoms with Gasteiger partial charge >= 0.3 is 0 Å². The van der Waals surface area contributed by atoms with Crippen molar-refractivity contribution in [3.8, 4) is 0 Å². The number of hydrogen-bond donors (Lipinski definition) is 1. The first kappa shape index (κ1) is 13.4. The Balaban J connectivity index is 1.71. The lowest BCUT2D eigenvalue weighted by Gasteiger charge is -2.14. The summed E-state index contributed by atoms with van der Waals surface area (Å²) < 4.78 is 1.80. The van der Waals surface area contributed by atoms with E-state index in [-0.39, 0.29) is 11.6 Å². The number of anilines is 1. The van der Waals surface area contributed by atoms with Crippen LogP contribution < -0.4 is 10.9 Å². The standard InChI is InChI=1S/C15H19N3OS/c1-10(9-13-6-3-11(2)20-13)17-14-15(19)18(8-7-16-14)12-4-5-12/h3,6-8,10,12H,4-5,9H2,1-2H3,(H,16,17). The zero-order valence-electron chi connectivity index (χ0n) is 11.8. The van der Waals surface area contributed by atoms with E-state index in [4.69, 9.17) is 0 Å². The summed E-state index contributed by atoms with van der Waals surface area (Å²) in [5.74, 6) is 0.472. The second kappa shape index (κ2) is 5.40. The molecule has 1 fully saturated rings. The van der Waals surface area contributed by atoms with Crippen LogP contribution in [0.25, 0.3) is 0 Å². The molecule has 0 amide bonds. The van der Waals surface area contributed by atoms with Gasteiger partial charge in [-0.05, 0) is 38.8 Å². The van der Waals surface area contributed by atoms with E-state index in [1.165, 1.54) is 9.75 Å². The highest BCUT2D eigenvalue weighted by atomic mass is 32.1. The minimum absolute atomic E-state index is 0.00390. The Kier molecular flexibility index (Phi) is 3.61. The Labute approximate surface area is 122 Å². The average Bonchev–Trinajstić information content (AvgIpc) is 3.16. The second-order valence-electron chi connectivity index (χ2n) is 5.48. The van der Waals surface area contributed by atoms with Crippen molar-refractivity contribution in [2.45, 2.75) is 45.2 Å². The van der Waals surface area contributed by atoms with Crippen LogP contribution in [0.3, 0.4) is 0 Å². The van der Waals surface area contributed by atoms with Gasteiger partial charge in [0.05, 0.1) is 0 Å². The molecular weight excluding hydrogens is 270 g/mol. The van der Waals surface area contributed by atoms with E-state index in [0.717, 1.165) is 19.3 Å². The van der Waals surface area contributed by atoms with E-state index >= 15 is 0 Å². The summed E-state index contributed by atoms with van der Waals surface area (Å²) in [6.07, 6.45) is 6.63. The SMILES string of the molecule is Cc1ccc(CC(C)Nc2nccn(C3CC3)c2=O)s1. The number of rotatable bonds is 5. The van der Waals surface area contributed by atoms with Gasteiger partial charge in [0.1, 0.15) is 0 Å². The third kappa shape index (κ3) is 2.93. The molecule has 1 aliphatic carbocycles. The monoisotopic (exact) mass is 289 g/mol. The first-order valence-corrected chi connectivity index (χ1v) is 7.84. The van der Waals surface area contributed by atoms with Gasteiger partial charge in [0.2, 0.25) is 0 Å². The van der Waals surface area contributed by atoms with Crippen LogP contribution in [-0.2, 0) is 6.42 Å². The Morgan fingerprint density at radius 1 is 1.50 bits per heavy atom. The molecule has 5 heteroatoms. The molecule has 2 aromatic heterocycles.